The first-order chi connectivity index (χ1) is 12.6. The second-order valence-corrected chi connectivity index (χ2v) is 7.65. The summed E-state index contributed by atoms with van der Waals surface area (Å²) in [7, 11) is 2.13. The summed E-state index contributed by atoms with van der Waals surface area (Å²) in [4.78, 5) is 4.79. The van der Waals surface area contributed by atoms with Crippen LogP contribution in [-0.4, -0.2) is 4.98 Å². The first-order valence-electron chi connectivity index (χ1n) is 9.05. The molecule has 5 rings (SSSR count). The molecule has 1 aliphatic carbocycles. The molecule has 0 aliphatic heterocycles. The van der Waals surface area contributed by atoms with Crippen molar-refractivity contribution in [2.45, 2.75) is 19.3 Å². The first kappa shape index (κ1) is 15.3. The van der Waals surface area contributed by atoms with Crippen LogP contribution < -0.4 is 4.57 Å². The van der Waals surface area contributed by atoms with Crippen molar-refractivity contribution >= 4 is 10.9 Å². The van der Waals surface area contributed by atoms with Crippen LogP contribution in [0.3, 0.4) is 0 Å². The van der Waals surface area contributed by atoms with Crippen molar-refractivity contribution in [3.05, 3.63) is 84.2 Å². The normalized spacial score (nSPS) is 14.3. The van der Waals surface area contributed by atoms with E-state index in [2.05, 4.69) is 92.5 Å². The van der Waals surface area contributed by atoms with Crippen LogP contribution in [0.25, 0.3) is 33.3 Å². The SMILES string of the molecule is C[n+]1cc2c(c3ccccc31)-c1cc(-c3ccccc3)ncc1C2(C)C. The number of rotatable bonds is 1. The van der Waals surface area contributed by atoms with E-state index in [4.69, 9.17) is 4.98 Å². The summed E-state index contributed by atoms with van der Waals surface area (Å²) in [5.41, 5.74) is 8.76. The summed E-state index contributed by atoms with van der Waals surface area (Å²) in [5.74, 6) is 0. The van der Waals surface area contributed by atoms with Crippen LogP contribution >= 0.6 is 0 Å². The van der Waals surface area contributed by atoms with Gasteiger partial charge in [0, 0.05) is 34.4 Å². The monoisotopic (exact) mass is 337 g/mol. The highest BCUT2D eigenvalue weighted by Gasteiger charge is 2.39. The van der Waals surface area contributed by atoms with Crippen molar-refractivity contribution in [1.82, 2.24) is 4.98 Å². The second kappa shape index (κ2) is 5.25. The zero-order valence-corrected chi connectivity index (χ0v) is 15.3. The topological polar surface area (TPSA) is 16.8 Å². The van der Waals surface area contributed by atoms with Crippen LogP contribution in [0, 0.1) is 0 Å². The summed E-state index contributed by atoms with van der Waals surface area (Å²) in [6, 6.07) is 21.4. The molecule has 4 aromatic rings. The van der Waals surface area contributed by atoms with E-state index in [0.717, 1.165) is 11.3 Å². The highest BCUT2D eigenvalue weighted by Crippen LogP contribution is 2.50. The summed E-state index contributed by atoms with van der Waals surface area (Å²) < 4.78 is 2.24. The number of hydrogen-bond acceptors (Lipinski definition) is 1. The standard InChI is InChI=1S/C24H21N2/c1-24(2)19-14-25-21(16-9-5-4-6-10-16)13-18(19)23-17-11-7-8-12-22(17)26(3)15-20(23)24/h4-15H,1-3H3/q+1. The maximum absolute atomic E-state index is 4.79. The highest BCUT2D eigenvalue weighted by molar-refractivity contribution is 5.99. The minimum atomic E-state index is -0.0469. The van der Waals surface area contributed by atoms with E-state index in [1.165, 1.54) is 33.2 Å². The second-order valence-electron chi connectivity index (χ2n) is 7.65. The van der Waals surface area contributed by atoms with Crippen molar-refractivity contribution in [3.63, 3.8) is 0 Å². The molecule has 0 radical (unpaired) electrons. The Hall–Kier alpha value is -3.00. The maximum atomic E-state index is 4.79. The van der Waals surface area contributed by atoms with Crippen LogP contribution in [0.1, 0.15) is 25.0 Å². The van der Waals surface area contributed by atoms with E-state index < -0.39 is 0 Å². The van der Waals surface area contributed by atoms with Gasteiger partial charge in [-0.05, 0) is 23.3 Å². The van der Waals surface area contributed by atoms with Crippen LogP contribution in [0.5, 0.6) is 0 Å². The van der Waals surface area contributed by atoms with E-state index in [-0.39, 0.29) is 5.41 Å². The molecule has 0 amide bonds. The predicted molar refractivity (Wildman–Crippen MR) is 106 cm³/mol. The molecule has 2 aromatic carbocycles. The van der Waals surface area contributed by atoms with Gasteiger partial charge in [0.05, 0.1) is 11.1 Å². The van der Waals surface area contributed by atoms with Gasteiger partial charge in [-0.1, -0.05) is 56.3 Å². The number of fused-ring (bicyclic) bond motifs is 5. The van der Waals surface area contributed by atoms with E-state index in [1.54, 1.807) is 0 Å². The summed E-state index contributed by atoms with van der Waals surface area (Å²) in [5, 5.41) is 1.31. The molecule has 0 unspecified atom stereocenters. The van der Waals surface area contributed by atoms with E-state index in [9.17, 15) is 0 Å². The Morgan fingerprint density at radius 3 is 2.42 bits per heavy atom. The van der Waals surface area contributed by atoms with Gasteiger partial charge in [0.15, 0.2) is 6.20 Å². The van der Waals surface area contributed by atoms with Gasteiger partial charge < -0.3 is 0 Å². The number of para-hydroxylation sites is 1. The van der Waals surface area contributed by atoms with Gasteiger partial charge in [-0.3, -0.25) is 4.98 Å². The van der Waals surface area contributed by atoms with Gasteiger partial charge in [-0.25, -0.2) is 4.57 Å². The smallest absolute Gasteiger partial charge is 0.212 e. The number of nitrogens with zero attached hydrogens (tertiary/aromatic N) is 2. The third-order valence-corrected chi connectivity index (χ3v) is 5.74. The summed E-state index contributed by atoms with van der Waals surface area (Å²) in [6.07, 6.45) is 4.37. The van der Waals surface area contributed by atoms with Crippen molar-refractivity contribution in [1.29, 1.82) is 0 Å². The quantitative estimate of drug-likeness (QED) is 0.445. The molecule has 2 heteroatoms. The van der Waals surface area contributed by atoms with Gasteiger partial charge in [-0.2, -0.15) is 0 Å². The average molecular weight is 337 g/mol. The Morgan fingerprint density at radius 1 is 0.885 bits per heavy atom. The zero-order valence-electron chi connectivity index (χ0n) is 15.3. The lowest BCUT2D eigenvalue weighted by molar-refractivity contribution is -0.645. The lowest BCUT2D eigenvalue weighted by Gasteiger charge is -2.19. The Balaban J connectivity index is 1.87. The number of hydrogen-bond donors (Lipinski definition) is 0. The Morgan fingerprint density at radius 2 is 1.62 bits per heavy atom. The van der Waals surface area contributed by atoms with Gasteiger partial charge in [0.1, 0.15) is 7.05 Å². The fraction of sp³-hybridized carbons (Fsp3) is 0.167. The largest absolute Gasteiger partial charge is 0.256 e. The van der Waals surface area contributed by atoms with Crippen molar-refractivity contribution < 1.29 is 4.57 Å². The maximum Gasteiger partial charge on any atom is 0.212 e. The molecule has 1 aliphatic rings. The van der Waals surface area contributed by atoms with Gasteiger partial charge in [0.2, 0.25) is 5.52 Å². The lowest BCUT2D eigenvalue weighted by Crippen LogP contribution is -2.31. The number of pyridine rings is 2. The lowest BCUT2D eigenvalue weighted by atomic mass is 9.83. The van der Waals surface area contributed by atoms with E-state index >= 15 is 0 Å². The first-order valence-corrected chi connectivity index (χ1v) is 9.05. The summed E-state index contributed by atoms with van der Waals surface area (Å²) in [6.45, 7) is 4.60. The Labute approximate surface area is 153 Å². The van der Waals surface area contributed by atoms with Crippen molar-refractivity contribution in [3.8, 4) is 22.4 Å². The van der Waals surface area contributed by atoms with Crippen LogP contribution in [-0.2, 0) is 12.5 Å². The average Bonchev–Trinajstić information content (AvgIpc) is 2.90. The molecule has 0 spiro atoms. The van der Waals surface area contributed by atoms with Gasteiger partial charge in [0.25, 0.3) is 0 Å². The molecule has 2 aromatic heterocycles. The highest BCUT2D eigenvalue weighted by atomic mass is 14.9. The Kier molecular flexibility index (Phi) is 3.08. The zero-order chi connectivity index (χ0) is 17.9. The fourth-order valence-electron chi connectivity index (χ4n) is 4.30. The van der Waals surface area contributed by atoms with Gasteiger partial charge >= 0.3 is 0 Å². The molecule has 0 saturated carbocycles. The third kappa shape index (κ3) is 1.99. The van der Waals surface area contributed by atoms with Gasteiger partial charge in [-0.15, -0.1) is 0 Å². The molecular formula is C24H21N2+. The molecular weight excluding hydrogens is 316 g/mol. The van der Waals surface area contributed by atoms with Crippen molar-refractivity contribution in [2.24, 2.45) is 7.05 Å². The molecule has 0 saturated heterocycles. The Bertz CT molecular complexity index is 1160. The fourth-order valence-corrected chi connectivity index (χ4v) is 4.30. The van der Waals surface area contributed by atoms with Crippen LogP contribution in [0.15, 0.2) is 73.1 Å². The number of aromatic nitrogens is 2. The molecule has 2 nitrogen and oxygen atoms in total. The van der Waals surface area contributed by atoms with Crippen LogP contribution in [0.2, 0.25) is 0 Å². The molecule has 0 atom stereocenters. The minimum absolute atomic E-state index is 0.0469. The molecule has 0 N–H and O–H groups in total. The molecule has 0 bridgehead atoms. The molecule has 0 fully saturated rings. The number of aryl methyl sites for hydroxylation is 1. The summed E-state index contributed by atoms with van der Waals surface area (Å²) >= 11 is 0. The van der Waals surface area contributed by atoms with Crippen LogP contribution in [0.4, 0.5) is 0 Å². The minimum Gasteiger partial charge on any atom is -0.256 e. The predicted octanol–water partition coefficient (Wildman–Crippen LogP) is 5.03. The molecule has 2 heterocycles. The van der Waals surface area contributed by atoms with E-state index in [1.807, 2.05) is 6.07 Å². The third-order valence-electron chi connectivity index (χ3n) is 5.74. The number of benzene rings is 2. The molecule has 126 valence electrons. The van der Waals surface area contributed by atoms with Crippen molar-refractivity contribution in [2.75, 3.05) is 0 Å². The molecule has 26 heavy (non-hydrogen) atoms. The van der Waals surface area contributed by atoms with E-state index in [0.29, 0.717) is 0 Å².